The summed E-state index contributed by atoms with van der Waals surface area (Å²) in [6.45, 7) is 2.10. The molecule has 120 valence electrons. The molecule has 0 aliphatic carbocycles. The Morgan fingerprint density at radius 3 is 2.39 bits per heavy atom. The fraction of sp³-hybridized carbons (Fsp3) is 0.263. The zero-order chi connectivity index (χ0) is 16.8. The predicted molar refractivity (Wildman–Crippen MR) is 88.8 cm³/mol. The van der Waals surface area contributed by atoms with Crippen molar-refractivity contribution in [1.29, 1.82) is 0 Å². The van der Waals surface area contributed by atoms with Crippen LogP contribution in [0.4, 0.5) is 0 Å². The third kappa shape index (κ3) is 3.59. The second-order valence-electron chi connectivity index (χ2n) is 5.29. The molecule has 0 saturated carbocycles. The van der Waals surface area contributed by atoms with Crippen molar-refractivity contribution in [1.82, 2.24) is 0 Å². The Balaban J connectivity index is 2.71. The highest BCUT2D eigenvalue weighted by molar-refractivity contribution is 6.05. The number of carboxylic acid groups (broad SMARTS) is 1. The zero-order valence-electron chi connectivity index (χ0n) is 13.3. The maximum absolute atomic E-state index is 12.1. The number of aryl methyl sites for hydroxylation is 1. The monoisotopic (exact) mass is 312 g/mol. The molecule has 0 unspecified atom stereocenters. The van der Waals surface area contributed by atoms with Crippen molar-refractivity contribution >= 4 is 11.9 Å². The lowest BCUT2D eigenvalue weighted by Gasteiger charge is -2.15. The lowest BCUT2D eigenvalue weighted by Crippen LogP contribution is -2.09. The molecule has 2 aromatic rings. The van der Waals surface area contributed by atoms with E-state index in [4.69, 9.17) is 4.74 Å². The van der Waals surface area contributed by atoms with E-state index in [0.29, 0.717) is 5.56 Å². The van der Waals surface area contributed by atoms with E-state index in [1.54, 1.807) is 12.1 Å². The molecule has 0 atom stereocenters. The van der Waals surface area contributed by atoms with Crippen LogP contribution >= 0.6 is 0 Å². The average molecular weight is 312 g/mol. The van der Waals surface area contributed by atoms with Gasteiger partial charge in [0.05, 0.1) is 18.2 Å². The number of carbonyl (C=O) groups is 2. The van der Waals surface area contributed by atoms with E-state index in [2.05, 4.69) is 6.92 Å². The molecule has 0 aliphatic heterocycles. The van der Waals surface area contributed by atoms with Crippen molar-refractivity contribution in [2.24, 2.45) is 0 Å². The van der Waals surface area contributed by atoms with Crippen LogP contribution in [-0.4, -0.2) is 24.2 Å². The van der Waals surface area contributed by atoms with Gasteiger partial charge in [0.1, 0.15) is 0 Å². The van der Waals surface area contributed by atoms with Crippen LogP contribution < -0.4 is 0 Å². The molecule has 0 bridgehead atoms. The van der Waals surface area contributed by atoms with Crippen LogP contribution in [0.1, 0.15) is 46.0 Å². The summed E-state index contributed by atoms with van der Waals surface area (Å²) in [6.07, 6.45) is 2.87. The molecule has 0 heterocycles. The number of rotatable bonds is 6. The van der Waals surface area contributed by atoms with Crippen LogP contribution in [0.3, 0.4) is 0 Å². The van der Waals surface area contributed by atoms with Crippen molar-refractivity contribution < 1.29 is 19.4 Å². The standard InChI is InChI=1S/C19H20O4/c1-3-4-8-13-9-5-6-10-14(13)17-15(18(20)21)11-7-12-16(17)19(22)23-2/h5-7,9-12H,3-4,8H2,1-2H3,(H,20,21). The van der Waals surface area contributed by atoms with Crippen LogP contribution in [0.15, 0.2) is 42.5 Å². The van der Waals surface area contributed by atoms with E-state index >= 15 is 0 Å². The van der Waals surface area contributed by atoms with Gasteiger partial charge in [-0.25, -0.2) is 9.59 Å². The van der Waals surface area contributed by atoms with Gasteiger partial charge in [-0.1, -0.05) is 43.7 Å². The third-order valence-corrected chi connectivity index (χ3v) is 3.79. The number of esters is 1. The molecule has 0 aliphatic rings. The van der Waals surface area contributed by atoms with E-state index < -0.39 is 11.9 Å². The van der Waals surface area contributed by atoms with Crippen molar-refractivity contribution in [3.8, 4) is 11.1 Å². The number of aromatic carboxylic acids is 1. The molecule has 0 amide bonds. The summed E-state index contributed by atoms with van der Waals surface area (Å²) in [5.41, 5.74) is 2.62. The first-order chi connectivity index (χ1) is 11.1. The molecule has 0 spiro atoms. The highest BCUT2D eigenvalue weighted by atomic mass is 16.5. The average Bonchev–Trinajstić information content (AvgIpc) is 2.58. The number of hydrogen-bond donors (Lipinski definition) is 1. The maximum atomic E-state index is 12.1. The van der Waals surface area contributed by atoms with Gasteiger partial charge in [0.15, 0.2) is 0 Å². The van der Waals surface area contributed by atoms with E-state index in [1.165, 1.54) is 13.2 Å². The van der Waals surface area contributed by atoms with Crippen LogP contribution in [0.2, 0.25) is 0 Å². The van der Waals surface area contributed by atoms with Crippen LogP contribution in [0, 0.1) is 0 Å². The number of carbonyl (C=O) groups excluding carboxylic acids is 1. The Hall–Kier alpha value is -2.62. The van der Waals surface area contributed by atoms with Gasteiger partial charge in [-0.05, 0) is 36.1 Å². The molecule has 2 rings (SSSR count). The molecule has 2 aromatic carbocycles. The van der Waals surface area contributed by atoms with Gasteiger partial charge in [-0.2, -0.15) is 0 Å². The molecule has 4 nitrogen and oxygen atoms in total. The van der Waals surface area contributed by atoms with Gasteiger partial charge >= 0.3 is 11.9 Å². The summed E-state index contributed by atoms with van der Waals surface area (Å²) in [4.78, 5) is 23.7. The Kier molecular flexibility index (Phi) is 5.52. The SMILES string of the molecule is CCCCc1ccccc1-c1c(C(=O)O)cccc1C(=O)OC. The Morgan fingerprint density at radius 1 is 1.04 bits per heavy atom. The van der Waals surface area contributed by atoms with Gasteiger partial charge in [-0.15, -0.1) is 0 Å². The Labute approximate surface area is 135 Å². The summed E-state index contributed by atoms with van der Waals surface area (Å²) in [5, 5.41) is 9.52. The van der Waals surface area contributed by atoms with E-state index in [0.717, 1.165) is 30.4 Å². The Bertz CT molecular complexity index is 719. The lowest BCUT2D eigenvalue weighted by molar-refractivity contribution is 0.0601. The van der Waals surface area contributed by atoms with Crippen LogP contribution in [-0.2, 0) is 11.2 Å². The molecule has 0 fully saturated rings. The summed E-state index contributed by atoms with van der Waals surface area (Å²) in [5.74, 6) is -1.59. The molecule has 23 heavy (non-hydrogen) atoms. The predicted octanol–water partition coefficient (Wildman–Crippen LogP) is 4.18. The van der Waals surface area contributed by atoms with Crippen LogP contribution in [0.25, 0.3) is 11.1 Å². The third-order valence-electron chi connectivity index (χ3n) is 3.79. The number of hydrogen-bond acceptors (Lipinski definition) is 3. The number of methoxy groups -OCH3 is 1. The normalized spacial score (nSPS) is 10.3. The number of ether oxygens (including phenoxy) is 1. The summed E-state index contributed by atoms with van der Waals surface area (Å²) in [7, 11) is 1.29. The fourth-order valence-electron chi connectivity index (χ4n) is 2.65. The summed E-state index contributed by atoms with van der Waals surface area (Å²) in [6, 6.07) is 12.3. The molecule has 0 saturated heterocycles. The van der Waals surface area contributed by atoms with Crippen molar-refractivity contribution in [2.75, 3.05) is 7.11 Å². The molecular weight excluding hydrogens is 292 g/mol. The number of carboxylic acids is 1. The highest BCUT2D eigenvalue weighted by Gasteiger charge is 2.22. The van der Waals surface area contributed by atoms with Gasteiger partial charge in [0.25, 0.3) is 0 Å². The highest BCUT2D eigenvalue weighted by Crippen LogP contribution is 2.32. The smallest absolute Gasteiger partial charge is 0.338 e. The topological polar surface area (TPSA) is 63.6 Å². The molecule has 0 radical (unpaired) electrons. The van der Waals surface area contributed by atoms with Crippen molar-refractivity contribution in [2.45, 2.75) is 26.2 Å². The second kappa shape index (κ2) is 7.58. The molecule has 0 aromatic heterocycles. The molecule has 1 N–H and O–H groups in total. The second-order valence-corrected chi connectivity index (χ2v) is 5.29. The quantitative estimate of drug-likeness (QED) is 0.813. The summed E-state index contributed by atoms with van der Waals surface area (Å²) >= 11 is 0. The minimum atomic E-state index is -1.06. The Morgan fingerprint density at radius 2 is 1.74 bits per heavy atom. The van der Waals surface area contributed by atoms with E-state index in [9.17, 15) is 14.7 Å². The first-order valence-corrected chi connectivity index (χ1v) is 7.63. The van der Waals surface area contributed by atoms with E-state index in [-0.39, 0.29) is 11.1 Å². The van der Waals surface area contributed by atoms with E-state index in [1.807, 2.05) is 24.3 Å². The fourth-order valence-corrected chi connectivity index (χ4v) is 2.65. The van der Waals surface area contributed by atoms with Gasteiger partial charge in [-0.3, -0.25) is 0 Å². The zero-order valence-corrected chi connectivity index (χ0v) is 13.3. The van der Waals surface area contributed by atoms with Gasteiger partial charge < -0.3 is 9.84 Å². The lowest BCUT2D eigenvalue weighted by atomic mass is 9.89. The number of unbranched alkanes of at least 4 members (excludes halogenated alkanes) is 1. The molecule has 4 heteroatoms. The first-order valence-electron chi connectivity index (χ1n) is 7.63. The maximum Gasteiger partial charge on any atom is 0.338 e. The minimum absolute atomic E-state index is 0.108. The van der Waals surface area contributed by atoms with Crippen molar-refractivity contribution in [3.63, 3.8) is 0 Å². The van der Waals surface area contributed by atoms with Crippen LogP contribution in [0.5, 0.6) is 0 Å². The van der Waals surface area contributed by atoms with Gasteiger partial charge in [0, 0.05) is 5.56 Å². The van der Waals surface area contributed by atoms with Gasteiger partial charge in [0.2, 0.25) is 0 Å². The first kappa shape index (κ1) is 16.7. The minimum Gasteiger partial charge on any atom is -0.478 e. The van der Waals surface area contributed by atoms with Crippen molar-refractivity contribution in [3.05, 3.63) is 59.2 Å². The molecular formula is C19H20O4. The largest absolute Gasteiger partial charge is 0.478 e. The number of benzene rings is 2. The summed E-state index contributed by atoms with van der Waals surface area (Å²) < 4.78 is 4.82.